The van der Waals surface area contributed by atoms with Crippen molar-refractivity contribution in [2.45, 2.75) is 37.6 Å². The Morgan fingerprint density at radius 1 is 0.879 bits per heavy atom. The second-order valence-electron chi connectivity index (χ2n) is 9.22. The number of urea groups is 1. The van der Waals surface area contributed by atoms with Crippen molar-refractivity contribution < 1.29 is 14.4 Å². The van der Waals surface area contributed by atoms with E-state index < -0.39 is 11.6 Å². The molecule has 1 N–H and O–H groups in total. The summed E-state index contributed by atoms with van der Waals surface area (Å²) in [6.07, 6.45) is 4.10. The molecule has 0 saturated carbocycles. The Kier molecular flexibility index (Phi) is 4.47. The zero-order chi connectivity index (χ0) is 22.6. The van der Waals surface area contributed by atoms with E-state index in [9.17, 15) is 14.4 Å². The fraction of sp³-hybridized carbons (Fsp3) is 0.250. The van der Waals surface area contributed by atoms with Crippen molar-refractivity contribution in [2.75, 3.05) is 6.54 Å². The Labute approximate surface area is 192 Å². The highest BCUT2D eigenvalue weighted by atomic mass is 16.2. The van der Waals surface area contributed by atoms with E-state index in [0.29, 0.717) is 12.0 Å². The lowest BCUT2D eigenvalue weighted by molar-refractivity contribution is -0.131. The number of hydrogen-bond acceptors (Lipinski definition) is 3. The molecule has 6 rings (SSSR count). The maximum Gasteiger partial charge on any atom is 0.325 e. The van der Waals surface area contributed by atoms with Gasteiger partial charge in [0.15, 0.2) is 5.78 Å². The second kappa shape index (κ2) is 7.41. The molecular weight excluding hydrogens is 412 g/mol. The van der Waals surface area contributed by atoms with E-state index in [1.807, 2.05) is 54.6 Å². The minimum absolute atomic E-state index is 0.232. The largest absolute Gasteiger partial charge is 0.325 e. The van der Waals surface area contributed by atoms with Gasteiger partial charge in [-0.05, 0) is 71.6 Å². The number of rotatable bonds is 3. The first-order valence-corrected chi connectivity index (χ1v) is 11.5. The van der Waals surface area contributed by atoms with Gasteiger partial charge in [0.25, 0.3) is 5.91 Å². The van der Waals surface area contributed by atoms with Crippen molar-refractivity contribution in [1.82, 2.24) is 10.2 Å². The molecule has 0 aromatic heterocycles. The Hall–Kier alpha value is -3.73. The van der Waals surface area contributed by atoms with Gasteiger partial charge in [0, 0.05) is 5.56 Å². The molecular formula is C28H24N2O3. The first-order chi connectivity index (χ1) is 16.1. The van der Waals surface area contributed by atoms with Crippen LogP contribution in [0.15, 0.2) is 66.7 Å². The van der Waals surface area contributed by atoms with Crippen LogP contribution in [0.4, 0.5) is 4.79 Å². The molecule has 3 aromatic carbocycles. The van der Waals surface area contributed by atoms with Gasteiger partial charge in [-0.25, -0.2) is 4.79 Å². The van der Waals surface area contributed by atoms with Gasteiger partial charge < -0.3 is 5.32 Å². The third-order valence-corrected chi connectivity index (χ3v) is 7.32. The summed E-state index contributed by atoms with van der Waals surface area (Å²) in [5.74, 6) is -0.550. The standard InChI is InChI=1S/C28H24N2O3/c31-25(21-13-12-20-15-19-9-1-3-10-22(19)23(20)16-21)17-30-26(32)28(29-27(30)33)14-6-5-8-18-7-2-4-11-24(18)28/h1-4,7,9-13,16H,5-6,8,14-15,17H2,(H,29,33)/t28-/m1/s1. The van der Waals surface area contributed by atoms with Crippen LogP contribution in [0.25, 0.3) is 11.1 Å². The number of carbonyl (C=O) groups is 3. The summed E-state index contributed by atoms with van der Waals surface area (Å²) in [5.41, 5.74) is 6.06. The number of benzene rings is 3. The van der Waals surface area contributed by atoms with Gasteiger partial charge in [0.1, 0.15) is 5.54 Å². The Morgan fingerprint density at radius 2 is 1.64 bits per heavy atom. The number of fused-ring (bicyclic) bond motifs is 5. The van der Waals surface area contributed by atoms with Crippen LogP contribution in [0, 0.1) is 0 Å². The lowest BCUT2D eigenvalue weighted by Crippen LogP contribution is -2.44. The van der Waals surface area contributed by atoms with E-state index in [4.69, 9.17) is 0 Å². The number of hydrogen-bond donors (Lipinski definition) is 1. The molecule has 1 heterocycles. The molecule has 5 heteroatoms. The van der Waals surface area contributed by atoms with Crippen molar-refractivity contribution in [3.8, 4) is 11.1 Å². The zero-order valence-electron chi connectivity index (χ0n) is 18.3. The highest BCUT2D eigenvalue weighted by molar-refractivity contribution is 6.11. The first-order valence-electron chi connectivity index (χ1n) is 11.5. The lowest BCUT2D eigenvalue weighted by Gasteiger charge is -2.27. The van der Waals surface area contributed by atoms with Crippen LogP contribution in [-0.2, 0) is 23.2 Å². The monoisotopic (exact) mass is 436 g/mol. The number of nitrogens with zero attached hydrogens (tertiary/aromatic N) is 1. The quantitative estimate of drug-likeness (QED) is 0.377. The molecule has 1 atom stereocenters. The van der Waals surface area contributed by atoms with Crippen molar-refractivity contribution in [2.24, 2.45) is 0 Å². The second-order valence-corrected chi connectivity index (χ2v) is 9.22. The van der Waals surface area contributed by atoms with Crippen LogP contribution in [-0.4, -0.2) is 29.2 Å². The smallest absolute Gasteiger partial charge is 0.319 e. The average Bonchev–Trinajstić information content (AvgIpc) is 3.24. The third-order valence-electron chi connectivity index (χ3n) is 7.32. The number of ketones is 1. The Morgan fingerprint density at radius 3 is 2.52 bits per heavy atom. The van der Waals surface area contributed by atoms with Crippen molar-refractivity contribution >= 4 is 17.7 Å². The van der Waals surface area contributed by atoms with E-state index in [1.54, 1.807) is 0 Å². The molecule has 1 fully saturated rings. The van der Waals surface area contributed by atoms with Crippen molar-refractivity contribution in [3.63, 3.8) is 0 Å². The molecule has 1 aliphatic heterocycles. The first kappa shape index (κ1) is 19.9. The molecule has 2 aliphatic carbocycles. The Balaban J connectivity index is 1.30. The molecule has 3 aromatic rings. The van der Waals surface area contributed by atoms with E-state index in [-0.39, 0.29) is 18.2 Å². The number of imide groups is 1. The van der Waals surface area contributed by atoms with Gasteiger partial charge in [-0.1, -0.05) is 60.7 Å². The molecule has 33 heavy (non-hydrogen) atoms. The van der Waals surface area contributed by atoms with Gasteiger partial charge in [-0.3, -0.25) is 14.5 Å². The van der Waals surface area contributed by atoms with Gasteiger partial charge in [-0.15, -0.1) is 0 Å². The normalized spacial score (nSPS) is 20.8. The number of Topliss-reactive ketones (excluding diaryl/α,β-unsaturated/α-hetero) is 1. The molecule has 0 radical (unpaired) electrons. The summed E-state index contributed by atoms with van der Waals surface area (Å²) in [6.45, 7) is -0.255. The molecule has 1 spiro atoms. The number of aryl methyl sites for hydroxylation is 1. The van der Waals surface area contributed by atoms with E-state index >= 15 is 0 Å². The molecule has 0 unspecified atom stereocenters. The maximum atomic E-state index is 13.6. The predicted octanol–water partition coefficient (Wildman–Crippen LogP) is 4.61. The topological polar surface area (TPSA) is 66.5 Å². The summed E-state index contributed by atoms with van der Waals surface area (Å²) in [7, 11) is 0. The summed E-state index contributed by atoms with van der Waals surface area (Å²) >= 11 is 0. The van der Waals surface area contributed by atoms with Crippen LogP contribution in [0.5, 0.6) is 0 Å². The average molecular weight is 437 g/mol. The number of amides is 3. The van der Waals surface area contributed by atoms with E-state index in [1.165, 1.54) is 11.1 Å². The van der Waals surface area contributed by atoms with Crippen LogP contribution in [0.2, 0.25) is 0 Å². The van der Waals surface area contributed by atoms with Gasteiger partial charge >= 0.3 is 6.03 Å². The van der Waals surface area contributed by atoms with Gasteiger partial charge in [0.2, 0.25) is 0 Å². The van der Waals surface area contributed by atoms with E-state index in [0.717, 1.165) is 52.8 Å². The van der Waals surface area contributed by atoms with Crippen LogP contribution < -0.4 is 5.32 Å². The fourth-order valence-corrected chi connectivity index (χ4v) is 5.65. The van der Waals surface area contributed by atoms with Gasteiger partial charge in [0.05, 0.1) is 6.54 Å². The number of carbonyl (C=O) groups excluding carboxylic acids is 3. The van der Waals surface area contributed by atoms with E-state index in [2.05, 4.69) is 17.4 Å². The Bertz CT molecular complexity index is 1330. The molecule has 3 aliphatic rings. The summed E-state index contributed by atoms with van der Waals surface area (Å²) in [6, 6.07) is 21.2. The minimum atomic E-state index is -1.07. The summed E-state index contributed by atoms with van der Waals surface area (Å²) in [4.78, 5) is 40.9. The SMILES string of the molecule is O=C(CN1C(=O)N[C@@]2(CCCCc3ccccc32)C1=O)c1ccc2c(c1)-c1ccccc1C2. The zero-order valence-corrected chi connectivity index (χ0v) is 18.3. The lowest BCUT2D eigenvalue weighted by atomic mass is 9.84. The van der Waals surface area contributed by atoms with Gasteiger partial charge in [-0.2, -0.15) is 0 Å². The van der Waals surface area contributed by atoms with Crippen molar-refractivity contribution in [3.05, 3.63) is 94.5 Å². The minimum Gasteiger partial charge on any atom is -0.319 e. The number of nitrogens with one attached hydrogen (secondary N) is 1. The fourth-order valence-electron chi connectivity index (χ4n) is 5.65. The molecule has 1 saturated heterocycles. The van der Waals surface area contributed by atoms with Crippen LogP contribution >= 0.6 is 0 Å². The summed E-state index contributed by atoms with van der Waals surface area (Å²) < 4.78 is 0. The highest BCUT2D eigenvalue weighted by Crippen LogP contribution is 2.40. The highest BCUT2D eigenvalue weighted by Gasteiger charge is 2.53. The van der Waals surface area contributed by atoms with Crippen LogP contribution in [0.1, 0.15) is 51.9 Å². The summed E-state index contributed by atoms with van der Waals surface area (Å²) in [5, 5.41) is 2.96. The molecule has 3 amide bonds. The predicted molar refractivity (Wildman–Crippen MR) is 125 cm³/mol. The molecule has 164 valence electrons. The van der Waals surface area contributed by atoms with Crippen LogP contribution in [0.3, 0.4) is 0 Å². The van der Waals surface area contributed by atoms with Crippen molar-refractivity contribution in [1.29, 1.82) is 0 Å². The molecule has 5 nitrogen and oxygen atoms in total. The third kappa shape index (κ3) is 3.03. The molecule has 0 bridgehead atoms. The maximum absolute atomic E-state index is 13.6.